The first kappa shape index (κ1) is 22.5. The molecule has 170 valence electrons. The Kier molecular flexibility index (Phi) is 7.22. The van der Waals surface area contributed by atoms with Crippen LogP contribution in [0.1, 0.15) is 30.4 Å². The van der Waals surface area contributed by atoms with Crippen molar-refractivity contribution in [1.29, 1.82) is 0 Å². The Labute approximate surface area is 190 Å². The molecular weight excluding hydrogens is 402 g/mol. The van der Waals surface area contributed by atoms with Crippen molar-refractivity contribution in [2.75, 3.05) is 32.7 Å². The van der Waals surface area contributed by atoms with E-state index in [1.165, 1.54) is 18.4 Å². The van der Waals surface area contributed by atoms with Crippen LogP contribution >= 0.6 is 0 Å². The van der Waals surface area contributed by atoms with Gasteiger partial charge >= 0.3 is 5.97 Å². The van der Waals surface area contributed by atoms with Crippen LogP contribution in [0.3, 0.4) is 0 Å². The molecule has 2 aromatic carbocycles. The van der Waals surface area contributed by atoms with Gasteiger partial charge in [-0.05, 0) is 48.9 Å². The molecule has 32 heavy (non-hydrogen) atoms. The van der Waals surface area contributed by atoms with Gasteiger partial charge in [-0.3, -0.25) is 14.6 Å². The quantitative estimate of drug-likeness (QED) is 0.667. The molecule has 4 rings (SSSR count). The van der Waals surface area contributed by atoms with Gasteiger partial charge in [0.05, 0.1) is 6.54 Å². The number of hydrogen-bond acceptors (Lipinski definition) is 4. The van der Waals surface area contributed by atoms with E-state index in [2.05, 4.69) is 45.4 Å². The molecule has 2 aromatic rings. The van der Waals surface area contributed by atoms with E-state index >= 15 is 0 Å². The van der Waals surface area contributed by atoms with Crippen molar-refractivity contribution in [3.8, 4) is 0 Å². The van der Waals surface area contributed by atoms with E-state index in [9.17, 15) is 14.7 Å². The van der Waals surface area contributed by atoms with Gasteiger partial charge in [0, 0.05) is 26.1 Å². The maximum Gasteiger partial charge on any atom is 0.326 e. The molecule has 6 nitrogen and oxygen atoms in total. The van der Waals surface area contributed by atoms with Crippen molar-refractivity contribution >= 4 is 11.9 Å². The minimum atomic E-state index is -0.996. The molecule has 0 bridgehead atoms. The highest BCUT2D eigenvalue weighted by atomic mass is 16.4. The number of carbonyl (C=O) groups excluding carboxylic acids is 1. The molecule has 2 aliphatic heterocycles. The van der Waals surface area contributed by atoms with Crippen molar-refractivity contribution in [2.24, 2.45) is 5.41 Å². The van der Waals surface area contributed by atoms with E-state index in [-0.39, 0.29) is 17.9 Å². The largest absolute Gasteiger partial charge is 0.480 e. The van der Waals surface area contributed by atoms with E-state index < -0.39 is 12.0 Å². The van der Waals surface area contributed by atoms with E-state index in [0.717, 1.165) is 44.7 Å². The zero-order valence-corrected chi connectivity index (χ0v) is 18.6. The van der Waals surface area contributed by atoms with E-state index in [1.54, 1.807) is 0 Å². The molecule has 1 spiro atoms. The minimum Gasteiger partial charge on any atom is -0.480 e. The van der Waals surface area contributed by atoms with Crippen molar-refractivity contribution in [3.63, 3.8) is 0 Å². The van der Waals surface area contributed by atoms with Crippen molar-refractivity contribution < 1.29 is 14.7 Å². The Morgan fingerprint density at radius 1 is 0.906 bits per heavy atom. The molecule has 2 N–H and O–H groups in total. The average molecular weight is 436 g/mol. The van der Waals surface area contributed by atoms with Gasteiger partial charge in [0.15, 0.2) is 0 Å². The summed E-state index contributed by atoms with van der Waals surface area (Å²) in [6, 6.07) is 19.1. The summed E-state index contributed by atoms with van der Waals surface area (Å²) in [5.74, 6) is -1.20. The number of carboxylic acids is 1. The Morgan fingerprint density at radius 2 is 1.56 bits per heavy atom. The van der Waals surface area contributed by atoms with Crippen LogP contribution in [-0.2, 0) is 22.6 Å². The van der Waals surface area contributed by atoms with Gasteiger partial charge in [-0.15, -0.1) is 0 Å². The number of nitrogens with one attached hydrogen (secondary N) is 1. The van der Waals surface area contributed by atoms with Crippen LogP contribution in [0, 0.1) is 5.41 Å². The molecule has 1 amide bonds. The summed E-state index contributed by atoms with van der Waals surface area (Å²) >= 11 is 0. The molecule has 2 heterocycles. The van der Waals surface area contributed by atoms with Crippen LogP contribution in [0.2, 0.25) is 0 Å². The summed E-state index contributed by atoms with van der Waals surface area (Å²) in [5.41, 5.74) is 2.49. The monoisotopic (exact) mass is 435 g/mol. The summed E-state index contributed by atoms with van der Waals surface area (Å²) < 4.78 is 0. The first-order chi connectivity index (χ1) is 15.5. The van der Waals surface area contributed by atoms with Crippen LogP contribution < -0.4 is 5.32 Å². The fraction of sp³-hybridized carbons (Fsp3) is 0.462. The highest BCUT2D eigenvalue weighted by Gasteiger charge is 2.41. The second kappa shape index (κ2) is 10.3. The smallest absolute Gasteiger partial charge is 0.326 e. The third kappa shape index (κ3) is 5.96. The molecule has 2 saturated heterocycles. The zero-order chi connectivity index (χ0) is 22.4. The van der Waals surface area contributed by atoms with Crippen molar-refractivity contribution in [3.05, 3.63) is 71.8 Å². The lowest BCUT2D eigenvalue weighted by molar-refractivity contribution is -0.141. The highest BCUT2D eigenvalue weighted by molar-refractivity contribution is 5.84. The highest BCUT2D eigenvalue weighted by Crippen LogP contribution is 2.39. The SMILES string of the molecule is O=C(CN1CCC2(CCCN(Cc3ccccc3)C2)C1)N[C@H](Cc1ccccc1)C(=O)O. The number of rotatable bonds is 8. The molecule has 6 heteroatoms. The van der Waals surface area contributed by atoms with E-state index in [4.69, 9.17) is 0 Å². The van der Waals surface area contributed by atoms with E-state index in [1.807, 2.05) is 30.3 Å². The summed E-state index contributed by atoms with van der Waals surface area (Å²) in [6.07, 6.45) is 3.77. The molecule has 0 aliphatic carbocycles. The van der Waals surface area contributed by atoms with Gasteiger partial charge < -0.3 is 10.4 Å². The lowest BCUT2D eigenvalue weighted by Crippen LogP contribution is -2.48. The van der Waals surface area contributed by atoms with Gasteiger partial charge in [-0.1, -0.05) is 60.7 Å². The first-order valence-corrected chi connectivity index (χ1v) is 11.6. The molecule has 2 fully saturated rings. The second-order valence-corrected chi connectivity index (χ2v) is 9.41. The van der Waals surface area contributed by atoms with Crippen LogP contribution in [0.5, 0.6) is 0 Å². The van der Waals surface area contributed by atoms with Gasteiger partial charge in [-0.2, -0.15) is 0 Å². The Balaban J connectivity index is 1.29. The number of carboxylic acid groups (broad SMARTS) is 1. The predicted molar refractivity (Wildman–Crippen MR) is 124 cm³/mol. The van der Waals surface area contributed by atoms with Gasteiger partial charge in [0.25, 0.3) is 0 Å². The fourth-order valence-electron chi connectivity index (χ4n) is 5.28. The van der Waals surface area contributed by atoms with Crippen molar-refractivity contribution in [2.45, 2.75) is 38.3 Å². The maximum atomic E-state index is 12.7. The number of likely N-dealkylation sites (tertiary alicyclic amines) is 2. The molecule has 2 aliphatic rings. The number of carbonyl (C=O) groups is 2. The number of nitrogens with zero attached hydrogens (tertiary/aromatic N) is 2. The third-order valence-electron chi connectivity index (χ3n) is 6.79. The van der Waals surface area contributed by atoms with Crippen LogP contribution in [-0.4, -0.2) is 65.5 Å². The number of aliphatic carboxylic acids is 1. The number of amides is 1. The van der Waals surface area contributed by atoms with Gasteiger partial charge in [-0.25, -0.2) is 4.79 Å². The zero-order valence-electron chi connectivity index (χ0n) is 18.6. The molecular formula is C26H33N3O3. The Morgan fingerprint density at radius 3 is 2.25 bits per heavy atom. The molecule has 2 atom stereocenters. The molecule has 0 radical (unpaired) electrons. The lowest BCUT2D eigenvalue weighted by Gasteiger charge is -2.40. The Bertz CT molecular complexity index is 905. The van der Waals surface area contributed by atoms with Crippen molar-refractivity contribution in [1.82, 2.24) is 15.1 Å². The molecule has 0 aromatic heterocycles. The predicted octanol–water partition coefficient (Wildman–Crippen LogP) is 2.79. The van der Waals surface area contributed by atoms with Gasteiger partial charge in [0.2, 0.25) is 5.91 Å². The average Bonchev–Trinajstić information content (AvgIpc) is 3.15. The topological polar surface area (TPSA) is 72.9 Å². The third-order valence-corrected chi connectivity index (χ3v) is 6.79. The van der Waals surface area contributed by atoms with Crippen LogP contribution in [0.4, 0.5) is 0 Å². The molecule has 0 saturated carbocycles. The van der Waals surface area contributed by atoms with Crippen LogP contribution in [0.15, 0.2) is 60.7 Å². The number of piperidine rings is 1. The standard InChI is InChI=1S/C26H33N3O3/c30-24(27-23(25(31)32)16-21-8-3-1-4-9-21)18-29-15-13-26(20-29)12-7-14-28(19-26)17-22-10-5-2-6-11-22/h1-6,8-11,23H,7,12-20H2,(H,27,30)(H,31,32)/t23-,26?/m1/s1. The minimum absolute atomic E-state index is 0.206. The molecule has 1 unspecified atom stereocenters. The van der Waals surface area contributed by atoms with E-state index in [0.29, 0.717) is 6.42 Å². The Hall–Kier alpha value is -2.70. The number of benzene rings is 2. The summed E-state index contributed by atoms with van der Waals surface area (Å²) in [7, 11) is 0. The maximum absolute atomic E-state index is 12.7. The van der Waals surface area contributed by atoms with Crippen LogP contribution in [0.25, 0.3) is 0 Å². The summed E-state index contributed by atoms with van der Waals surface area (Å²) in [5, 5.41) is 12.3. The number of hydrogen-bond donors (Lipinski definition) is 2. The fourth-order valence-corrected chi connectivity index (χ4v) is 5.28. The second-order valence-electron chi connectivity index (χ2n) is 9.41. The summed E-state index contributed by atoms with van der Waals surface area (Å²) in [4.78, 5) is 29.1. The summed E-state index contributed by atoms with van der Waals surface area (Å²) in [6.45, 7) is 5.22. The lowest BCUT2D eigenvalue weighted by atomic mass is 9.79. The first-order valence-electron chi connectivity index (χ1n) is 11.6. The normalized spacial score (nSPS) is 22.6. The van der Waals surface area contributed by atoms with Gasteiger partial charge in [0.1, 0.15) is 6.04 Å².